The summed E-state index contributed by atoms with van der Waals surface area (Å²) in [5.41, 5.74) is 1.28. The lowest BCUT2D eigenvalue weighted by Gasteiger charge is -2.36. The fourth-order valence-corrected chi connectivity index (χ4v) is 4.13. The zero-order valence-electron chi connectivity index (χ0n) is 13.0. The quantitative estimate of drug-likeness (QED) is 0.791. The molecule has 1 heterocycles. The van der Waals surface area contributed by atoms with Gasteiger partial charge in [0.15, 0.2) is 0 Å². The van der Waals surface area contributed by atoms with Crippen molar-refractivity contribution >= 4 is 27.5 Å². The van der Waals surface area contributed by atoms with E-state index in [1.807, 2.05) is 12.1 Å². The first-order chi connectivity index (χ1) is 10.2. The highest BCUT2D eigenvalue weighted by Crippen LogP contribution is 2.39. The van der Waals surface area contributed by atoms with Crippen LogP contribution in [-0.2, 0) is 0 Å². The number of halogens is 2. The van der Waals surface area contributed by atoms with Gasteiger partial charge in [-0.3, -0.25) is 4.90 Å². The molecule has 1 fully saturated rings. The minimum atomic E-state index is 0.421. The molecular formula is C17H26BrClN2. The fraction of sp³-hybridized carbons (Fsp3) is 0.647. The molecule has 0 radical (unpaired) electrons. The predicted molar refractivity (Wildman–Crippen MR) is 95.0 cm³/mol. The molecule has 0 aromatic heterocycles. The van der Waals surface area contributed by atoms with Gasteiger partial charge in [0.05, 0.1) is 0 Å². The second-order valence-corrected chi connectivity index (χ2v) is 7.28. The first-order valence-electron chi connectivity index (χ1n) is 8.01. The summed E-state index contributed by atoms with van der Waals surface area (Å²) in [4.78, 5) is 2.64. The Labute approximate surface area is 142 Å². The second kappa shape index (κ2) is 8.52. The summed E-state index contributed by atoms with van der Waals surface area (Å²) in [5, 5.41) is 4.28. The largest absolute Gasteiger partial charge is 0.319 e. The lowest BCUT2D eigenvalue weighted by Crippen LogP contribution is -2.37. The number of hydrogen-bond donors (Lipinski definition) is 1. The van der Waals surface area contributed by atoms with E-state index in [1.165, 1.54) is 37.8 Å². The number of rotatable bonds is 5. The van der Waals surface area contributed by atoms with Crippen LogP contribution in [-0.4, -0.2) is 31.6 Å². The average Bonchev–Trinajstić information content (AvgIpc) is 2.65. The lowest BCUT2D eigenvalue weighted by molar-refractivity contribution is 0.154. The van der Waals surface area contributed by atoms with Gasteiger partial charge >= 0.3 is 0 Å². The van der Waals surface area contributed by atoms with Gasteiger partial charge in [0.25, 0.3) is 0 Å². The van der Waals surface area contributed by atoms with Crippen LogP contribution in [0, 0.1) is 5.92 Å². The molecular weight excluding hydrogens is 348 g/mol. The molecule has 1 saturated heterocycles. The zero-order valence-corrected chi connectivity index (χ0v) is 15.4. The minimum Gasteiger partial charge on any atom is -0.319 e. The SMILES string of the molecule is CCCN1CCCCC(CNC)C1c1cc(Br)ccc1Cl. The molecule has 1 aliphatic rings. The van der Waals surface area contributed by atoms with Crippen LogP contribution >= 0.6 is 27.5 Å². The van der Waals surface area contributed by atoms with E-state index in [9.17, 15) is 0 Å². The van der Waals surface area contributed by atoms with E-state index < -0.39 is 0 Å². The van der Waals surface area contributed by atoms with Crippen molar-refractivity contribution in [3.8, 4) is 0 Å². The van der Waals surface area contributed by atoms with Crippen molar-refractivity contribution in [3.63, 3.8) is 0 Å². The summed E-state index contributed by atoms with van der Waals surface area (Å²) in [7, 11) is 2.05. The maximum absolute atomic E-state index is 6.55. The van der Waals surface area contributed by atoms with Crippen molar-refractivity contribution in [1.82, 2.24) is 10.2 Å². The molecule has 0 spiro atoms. The number of likely N-dealkylation sites (tertiary alicyclic amines) is 1. The monoisotopic (exact) mass is 372 g/mol. The molecule has 2 nitrogen and oxygen atoms in total. The number of nitrogens with zero attached hydrogens (tertiary/aromatic N) is 1. The zero-order chi connectivity index (χ0) is 15.2. The Morgan fingerprint density at radius 3 is 2.90 bits per heavy atom. The van der Waals surface area contributed by atoms with Crippen molar-refractivity contribution < 1.29 is 0 Å². The molecule has 2 rings (SSSR count). The normalized spacial score (nSPS) is 24.0. The van der Waals surface area contributed by atoms with Gasteiger partial charge in [-0.05, 0) is 75.6 Å². The van der Waals surface area contributed by atoms with E-state index >= 15 is 0 Å². The molecule has 0 amide bonds. The van der Waals surface area contributed by atoms with Crippen molar-refractivity contribution in [1.29, 1.82) is 0 Å². The summed E-state index contributed by atoms with van der Waals surface area (Å²) in [5.74, 6) is 0.621. The second-order valence-electron chi connectivity index (χ2n) is 5.96. The summed E-state index contributed by atoms with van der Waals surface area (Å²) in [6, 6.07) is 6.68. The van der Waals surface area contributed by atoms with Crippen LogP contribution in [0.4, 0.5) is 0 Å². The van der Waals surface area contributed by atoms with E-state index in [0.29, 0.717) is 12.0 Å². The highest BCUT2D eigenvalue weighted by Gasteiger charge is 2.31. The molecule has 1 aliphatic heterocycles. The molecule has 2 unspecified atom stereocenters. The van der Waals surface area contributed by atoms with Gasteiger partial charge in [0.1, 0.15) is 0 Å². The van der Waals surface area contributed by atoms with Crippen LogP contribution in [0.2, 0.25) is 5.02 Å². The minimum absolute atomic E-state index is 0.421. The maximum Gasteiger partial charge on any atom is 0.0454 e. The van der Waals surface area contributed by atoms with Gasteiger partial charge in [-0.2, -0.15) is 0 Å². The van der Waals surface area contributed by atoms with Gasteiger partial charge < -0.3 is 5.32 Å². The third-order valence-electron chi connectivity index (χ3n) is 4.36. The van der Waals surface area contributed by atoms with Gasteiger partial charge in [0.2, 0.25) is 0 Å². The first-order valence-corrected chi connectivity index (χ1v) is 9.18. The topological polar surface area (TPSA) is 15.3 Å². The van der Waals surface area contributed by atoms with Crippen LogP contribution in [0.5, 0.6) is 0 Å². The Morgan fingerprint density at radius 1 is 1.38 bits per heavy atom. The van der Waals surface area contributed by atoms with Gasteiger partial charge in [0, 0.05) is 15.5 Å². The molecule has 118 valence electrons. The van der Waals surface area contributed by atoms with Crippen molar-refractivity contribution in [2.45, 2.75) is 38.6 Å². The van der Waals surface area contributed by atoms with Crippen LogP contribution in [0.1, 0.15) is 44.2 Å². The van der Waals surface area contributed by atoms with Crippen LogP contribution in [0.15, 0.2) is 22.7 Å². The fourth-order valence-electron chi connectivity index (χ4n) is 3.52. The molecule has 21 heavy (non-hydrogen) atoms. The van der Waals surface area contributed by atoms with Gasteiger partial charge in [-0.15, -0.1) is 0 Å². The van der Waals surface area contributed by atoms with Crippen LogP contribution < -0.4 is 5.32 Å². The summed E-state index contributed by atoms with van der Waals surface area (Å²) >= 11 is 10.2. The Balaban J connectivity index is 2.39. The van der Waals surface area contributed by atoms with Crippen molar-refractivity contribution in [2.75, 3.05) is 26.7 Å². The standard InChI is InChI=1S/C17H26BrClN2/c1-3-9-21-10-5-4-6-13(12-20-2)17(21)15-11-14(18)7-8-16(15)19/h7-8,11,13,17,20H,3-6,9-10,12H2,1-2H3. The summed E-state index contributed by atoms with van der Waals surface area (Å²) in [6.45, 7) is 5.64. The molecule has 0 aliphatic carbocycles. The van der Waals surface area contributed by atoms with Crippen LogP contribution in [0.3, 0.4) is 0 Å². The first kappa shape index (κ1) is 17.3. The van der Waals surface area contributed by atoms with E-state index in [4.69, 9.17) is 11.6 Å². The Bertz CT molecular complexity index is 436. The highest BCUT2D eigenvalue weighted by atomic mass is 79.9. The molecule has 1 aromatic rings. The average molecular weight is 374 g/mol. The maximum atomic E-state index is 6.55. The lowest BCUT2D eigenvalue weighted by atomic mass is 9.89. The molecule has 2 atom stereocenters. The molecule has 1 N–H and O–H groups in total. The summed E-state index contributed by atoms with van der Waals surface area (Å²) in [6.07, 6.45) is 5.07. The van der Waals surface area contributed by atoms with Crippen molar-refractivity contribution in [2.24, 2.45) is 5.92 Å². The number of benzene rings is 1. The predicted octanol–water partition coefficient (Wildman–Crippen LogP) is 4.88. The highest BCUT2D eigenvalue weighted by molar-refractivity contribution is 9.10. The Kier molecular flexibility index (Phi) is 7.00. The summed E-state index contributed by atoms with van der Waals surface area (Å²) < 4.78 is 1.12. The van der Waals surface area contributed by atoms with E-state index in [0.717, 1.165) is 22.6 Å². The number of nitrogens with one attached hydrogen (secondary N) is 1. The molecule has 4 heteroatoms. The molecule has 0 saturated carbocycles. The smallest absolute Gasteiger partial charge is 0.0454 e. The Morgan fingerprint density at radius 2 is 2.19 bits per heavy atom. The van der Waals surface area contributed by atoms with E-state index in [1.54, 1.807) is 0 Å². The van der Waals surface area contributed by atoms with Crippen LogP contribution in [0.25, 0.3) is 0 Å². The van der Waals surface area contributed by atoms with E-state index in [-0.39, 0.29) is 0 Å². The van der Waals surface area contributed by atoms with Crippen molar-refractivity contribution in [3.05, 3.63) is 33.3 Å². The van der Waals surface area contributed by atoms with Gasteiger partial charge in [-0.1, -0.05) is 40.9 Å². The van der Waals surface area contributed by atoms with Gasteiger partial charge in [-0.25, -0.2) is 0 Å². The third-order valence-corrected chi connectivity index (χ3v) is 5.20. The molecule has 1 aromatic carbocycles. The Hall–Kier alpha value is -0.0900. The molecule has 0 bridgehead atoms. The van der Waals surface area contributed by atoms with E-state index in [2.05, 4.69) is 46.2 Å². The third kappa shape index (κ3) is 4.44. The number of hydrogen-bond acceptors (Lipinski definition) is 2.